The number of rotatable bonds is 10. The Hall–Kier alpha value is -3.81. The lowest BCUT2D eigenvalue weighted by molar-refractivity contribution is -0.112. The molecule has 2 aromatic carbocycles. The van der Waals surface area contributed by atoms with Crippen molar-refractivity contribution >= 4 is 18.0 Å². The first kappa shape index (κ1) is 21.9. The molecule has 0 saturated heterocycles. The molecule has 0 aliphatic carbocycles. The molecule has 1 heterocycles. The van der Waals surface area contributed by atoms with E-state index in [0.29, 0.717) is 42.6 Å². The molecule has 0 aliphatic rings. The van der Waals surface area contributed by atoms with Crippen LogP contribution in [0.1, 0.15) is 26.3 Å². The van der Waals surface area contributed by atoms with E-state index in [1.165, 1.54) is 6.08 Å². The van der Waals surface area contributed by atoms with Crippen LogP contribution in [-0.2, 0) is 4.79 Å². The Labute approximate surface area is 180 Å². The van der Waals surface area contributed by atoms with Gasteiger partial charge in [0.1, 0.15) is 0 Å². The zero-order valence-corrected chi connectivity index (χ0v) is 17.8. The van der Waals surface area contributed by atoms with E-state index in [4.69, 9.17) is 18.6 Å². The third-order valence-electron chi connectivity index (χ3n) is 4.04. The van der Waals surface area contributed by atoms with Gasteiger partial charge in [-0.05, 0) is 44.5 Å². The average Bonchev–Trinajstić information content (AvgIpc) is 3.24. The lowest BCUT2D eigenvalue weighted by atomic mass is 10.2. The first-order chi connectivity index (χ1) is 15.1. The van der Waals surface area contributed by atoms with Crippen molar-refractivity contribution in [3.63, 3.8) is 0 Å². The zero-order chi connectivity index (χ0) is 22.1. The van der Waals surface area contributed by atoms with Crippen LogP contribution in [0, 0.1) is 0 Å². The SMILES string of the molecule is CCOc1cc(-c2nnc(NC(=O)C=Cc3ccccc3)o2)cc(OCC)c1OCC. The molecule has 0 aliphatic heterocycles. The summed E-state index contributed by atoms with van der Waals surface area (Å²) >= 11 is 0. The molecule has 162 valence electrons. The predicted octanol–water partition coefficient (Wildman–Crippen LogP) is 4.58. The molecule has 0 bridgehead atoms. The molecule has 0 radical (unpaired) electrons. The highest BCUT2D eigenvalue weighted by Crippen LogP contribution is 2.41. The minimum absolute atomic E-state index is 0.0116. The number of amides is 1. The summed E-state index contributed by atoms with van der Waals surface area (Å²) in [6.07, 6.45) is 3.10. The predicted molar refractivity (Wildman–Crippen MR) is 117 cm³/mol. The van der Waals surface area contributed by atoms with Crippen molar-refractivity contribution < 1.29 is 23.4 Å². The van der Waals surface area contributed by atoms with Crippen LogP contribution in [0.3, 0.4) is 0 Å². The lowest BCUT2D eigenvalue weighted by Gasteiger charge is -2.16. The molecule has 1 aromatic heterocycles. The summed E-state index contributed by atoms with van der Waals surface area (Å²) in [4.78, 5) is 12.1. The van der Waals surface area contributed by atoms with Crippen molar-refractivity contribution in [2.24, 2.45) is 0 Å². The van der Waals surface area contributed by atoms with Crippen molar-refractivity contribution in [3.8, 4) is 28.7 Å². The van der Waals surface area contributed by atoms with Gasteiger partial charge in [-0.25, -0.2) is 0 Å². The van der Waals surface area contributed by atoms with E-state index in [0.717, 1.165) is 5.56 Å². The van der Waals surface area contributed by atoms with Crippen LogP contribution in [-0.4, -0.2) is 35.9 Å². The van der Waals surface area contributed by atoms with Gasteiger partial charge in [0.2, 0.25) is 11.6 Å². The second-order valence-corrected chi connectivity index (χ2v) is 6.25. The van der Waals surface area contributed by atoms with Crippen LogP contribution in [0.25, 0.3) is 17.5 Å². The zero-order valence-electron chi connectivity index (χ0n) is 17.8. The largest absolute Gasteiger partial charge is 0.490 e. The highest BCUT2D eigenvalue weighted by atomic mass is 16.5. The monoisotopic (exact) mass is 423 g/mol. The van der Waals surface area contributed by atoms with Gasteiger partial charge in [-0.1, -0.05) is 35.4 Å². The summed E-state index contributed by atoms with van der Waals surface area (Å²) in [5.74, 6) is 1.39. The fourth-order valence-corrected chi connectivity index (χ4v) is 2.79. The third-order valence-corrected chi connectivity index (χ3v) is 4.04. The van der Waals surface area contributed by atoms with Gasteiger partial charge < -0.3 is 18.6 Å². The highest BCUT2D eigenvalue weighted by molar-refractivity contribution is 6.00. The van der Waals surface area contributed by atoms with Crippen LogP contribution in [0.15, 0.2) is 53.0 Å². The maximum Gasteiger partial charge on any atom is 0.322 e. The van der Waals surface area contributed by atoms with Gasteiger partial charge >= 0.3 is 6.01 Å². The third kappa shape index (κ3) is 5.85. The van der Waals surface area contributed by atoms with Gasteiger partial charge in [0.05, 0.1) is 19.8 Å². The summed E-state index contributed by atoms with van der Waals surface area (Å²) in [6, 6.07) is 13.0. The van der Waals surface area contributed by atoms with Crippen molar-refractivity contribution in [3.05, 3.63) is 54.1 Å². The number of anilines is 1. The molecule has 0 fully saturated rings. The van der Waals surface area contributed by atoms with E-state index < -0.39 is 0 Å². The second-order valence-electron chi connectivity index (χ2n) is 6.25. The Kier molecular flexibility index (Phi) is 7.64. The summed E-state index contributed by atoms with van der Waals surface area (Å²) < 4.78 is 22.7. The maximum atomic E-state index is 12.1. The van der Waals surface area contributed by atoms with Gasteiger partial charge in [-0.2, -0.15) is 0 Å². The van der Waals surface area contributed by atoms with Crippen LogP contribution in [0.5, 0.6) is 17.2 Å². The van der Waals surface area contributed by atoms with E-state index in [-0.39, 0.29) is 17.8 Å². The fourth-order valence-electron chi connectivity index (χ4n) is 2.79. The highest BCUT2D eigenvalue weighted by Gasteiger charge is 2.19. The van der Waals surface area contributed by atoms with Crippen molar-refractivity contribution in [2.45, 2.75) is 20.8 Å². The van der Waals surface area contributed by atoms with E-state index in [1.54, 1.807) is 18.2 Å². The van der Waals surface area contributed by atoms with Crippen LogP contribution in [0.4, 0.5) is 6.01 Å². The summed E-state index contributed by atoms with van der Waals surface area (Å²) in [7, 11) is 0. The van der Waals surface area contributed by atoms with Crippen molar-refractivity contribution in [1.82, 2.24) is 10.2 Å². The van der Waals surface area contributed by atoms with Crippen LogP contribution in [0.2, 0.25) is 0 Å². The molecule has 0 atom stereocenters. The quantitative estimate of drug-likeness (QED) is 0.477. The number of hydrogen-bond acceptors (Lipinski definition) is 7. The number of nitrogens with one attached hydrogen (secondary N) is 1. The summed E-state index contributed by atoms with van der Waals surface area (Å²) in [5, 5.41) is 10.5. The Balaban J connectivity index is 1.80. The van der Waals surface area contributed by atoms with Crippen LogP contribution < -0.4 is 19.5 Å². The Morgan fingerprint density at radius 1 is 0.968 bits per heavy atom. The number of carbonyl (C=O) groups excluding carboxylic acids is 1. The van der Waals surface area contributed by atoms with E-state index in [2.05, 4.69) is 15.5 Å². The van der Waals surface area contributed by atoms with Gasteiger partial charge in [0.25, 0.3) is 5.91 Å². The van der Waals surface area contributed by atoms with Crippen LogP contribution >= 0.6 is 0 Å². The minimum Gasteiger partial charge on any atom is -0.490 e. The van der Waals surface area contributed by atoms with E-state index in [9.17, 15) is 4.79 Å². The molecule has 1 amide bonds. The number of carbonyl (C=O) groups is 1. The van der Waals surface area contributed by atoms with Gasteiger partial charge in [-0.15, -0.1) is 5.10 Å². The average molecular weight is 423 g/mol. The van der Waals surface area contributed by atoms with Gasteiger partial charge in [0, 0.05) is 11.6 Å². The van der Waals surface area contributed by atoms with Crippen molar-refractivity contribution in [2.75, 3.05) is 25.1 Å². The second kappa shape index (κ2) is 10.8. The molecule has 31 heavy (non-hydrogen) atoms. The molecule has 8 nitrogen and oxygen atoms in total. The molecule has 3 aromatic rings. The first-order valence-corrected chi connectivity index (χ1v) is 10.1. The number of benzene rings is 2. The van der Waals surface area contributed by atoms with Gasteiger partial charge in [0.15, 0.2) is 11.5 Å². The summed E-state index contributed by atoms with van der Waals surface area (Å²) in [6.45, 7) is 7.02. The number of nitrogens with zero attached hydrogens (tertiary/aromatic N) is 2. The lowest BCUT2D eigenvalue weighted by Crippen LogP contribution is -2.07. The van der Waals surface area contributed by atoms with Gasteiger partial charge in [-0.3, -0.25) is 10.1 Å². The Bertz CT molecular complexity index is 1000. The normalized spacial score (nSPS) is 10.8. The number of hydrogen-bond donors (Lipinski definition) is 1. The fraction of sp³-hybridized carbons (Fsp3) is 0.261. The molecule has 0 spiro atoms. The smallest absolute Gasteiger partial charge is 0.322 e. The molecule has 8 heteroatoms. The standard InChI is InChI=1S/C23H25N3O5/c1-4-28-18-14-17(15-19(29-5-2)21(18)30-6-3)22-25-26-23(31-22)24-20(27)13-12-16-10-8-7-9-11-16/h7-15H,4-6H2,1-3H3,(H,24,26,27). The number of aromatic nitrogens is 2. The van der Waals surface area contributed by atoms with Crippen molar-refractivity contribution in [1.29, 1.82) is 0 Å². The summed E-state index contributed by atoms with van der Waals surface area (Å²) in [5.41, 5.74) is 1.49. The number of ether oxygens (including phenoxy) is 3. The molecule has 3 rings (SSSR count). The Morgan fingerprint density at radius 2 is 1.61 bits per heavy atom. The molecular formula is C23H25N3O5. The molecular weight excluding hydrogens is 398 g/mol. The van der Waals surface area contributed by atoms with E-state index in [1.807, 2.05) is 51.1 Å². The topological polar surface area (TPSA) is 95.7 Å². The molecule has 1 N–H and O–H groups in total. The molecule has 0 saturated carbocycles. The minimum atomic E-state index is -0.379. The van der Waals surface area contributed by atoms with E-state index >= 15 is 0 Å². The Morgan fingerprint density at radius 3 is 2.23 bits per heavy atom. The molecule has 0 unspecified atom stereocenters. The maximum absolute atomic E-state index is 12.1. The first-order valence-electron chi connectivity index (χ1n) is 10.1.